The lowest BCUT2D eigenvalue weighted by Gasteiger charge is -2.13. The summed E-state index contributed by atoms with van der Waals surface area (Å²) < 4.78 is 57.8. The Morgan fingerprint density at radius 1 is 1.10 bits per heavy atom. The molecule has 1 amide bonds. The first-order valence-electron chi connectivity index (χ1n) is 9.48. The maximum atomic E-state index is 14.1. The molecule has 2 aromatic heterocycles. The van der Waals surface area contributed by atoms with Crippen molar-refractivity contribution in [2.75, 3.05) is 5.32 Å². The minimum absolute atomic E-state index is 0.125. The van der Waals surface area contributed by atoms with Crippen LogP contribution in [0.15, 0.2) is 54.7 Å². The number of aryl methyl sites for hydroxylation is 1. The third kappa shape index (κ3) is 3.76. The van der Waals surface area contributed by atoms with E-state index in [4.69, 9.17) is 0 Å². The van der Waals surface area contributed by atoms with Crippen LogP contribution in [0.25, 0.3) is 16.7 Å². The minimum Gasteiger partial charge on any atom is -0.310 e. The van der Waals surface area contributed by atoms with E-state index in [0.717, 1.165) is 30.3 Å². The first-order valence-corrected chi connectivity index (χ1v) is 9.48. The number of halogens is 4. The Balaban J connectivity index is 1.78. The Morgan fingerprint density at radius 3 is 2.52 bits per heavy atom. The number of fused-ring (bicyclic) bond motifs is 1. The predicted molar refractivity (Wildman–Crippen MR) is 107 cm³/mol. The average molecular weight is 431 g/mol. The van der Waals surface area contributed by atoms with E-state index in [2.05, 4.69) is 15.4 Å². The molecule has 160 valence electrons. The molecule has 0 unspecified atom stereocenters. The molecule has 0 aliphatic rings. The fourth-order valence-corrected chi connectivity index (χ4v) is 3.38. The number of carbonyl (C=O) groups excluding carboxylic acids is 1. The van der Waals surface area contributed by atoms with Crippen molar-refractivity contribution >= 4 is 22.9 Å². The lowest BCUT2D eigenvalue weighted by atomic mass is 10.2. The summed E-state index contributed by atoms with van der Waals surface area (Å²) in [5.74, 6) is -1.81. The number of aromatic nitrogens is 4. The standard InChI is InChI=1S/C21H17F4N5O/c1-2-11-29-17-10-6-4-8-15(17)27-20(29)28-19(31)13-12-26-30(18(13)21(23,24)25)16-9-5-3-7-14(16)22/h3-10,12H,2,11H2,1H3,(H,27,28,31). The molecule has 0 fully saturated rings. The van der Waals surface area contributed by atoms with E-state index < -0.39 is 34.8 Å². The number of nitrogens with one attached hydrogen (secondary N) is 1. The first-order chi connectivity index (χ1) is 14.8. The van der Waals surface area contributed by atoms with Crippen LogP contribution < -0.4 is 5.32 Å². The maximum absolute atomic E-state index is 14.1. The van der Waals surface area contributed by atoms with Gasteiger partial charge in [-0.1, -0.05) is 31.2 Å². The van der Waals surface area contributed by atoms with E-state index in [0.29, 0.717) is 16.7 Å². The SMILES string of the molecule is CCCn1c(NC(=O)c2cnn(-c3ccccc3F)c2C(F)(F)F)nc2ccccc21. The van der Waals surface area contributed by atoms with Crippen LogP contribution in [-0.2, 0) is 12.7 Å². The monoisotopic (exact) mass is 431 g/mol. The smallest absolute Gasteiger partial charge is 0.310 e. The molecule has 0 radical (unpaired) electrons. The van der Waals surface area contributed by atoms with Crippen LogP contribution in [0, 0.1) is 5.82 Å². The van der Waals surface area contributed by atoms with Gasteiger partial charge in [0.15, 0.2) is 5.69 Å². The molecule has 0 saturated carbocycles. The topological polar surface area (TPSA) is 64.7 Å². The van der Waals surface area contributed by atoms with E-state index in [1.165, 1.54) is 12.1 Å². The molecule has 0 aliphatic carbocycles. The third-order valence-electron chi connectivity index (χ3n) is 4.69. The number of hydrogen-bond acceptors (Lipinski definition) is 3. The van der Waals surface area contributed by atoms with E-state index in [-0.39, 0.29) is 5.95 Å². The van der Waals surface area contributed by atoms with Gasteiger partial charge in [-0.2, -0.15) is 18.3 Å². The summed E-state index contributed by atoms with van der Waals surface area (Å²) in [6.07, 6.45) is -3.45. The van der Waals surface area contributed by atoms with Crippen LogP contribution in [0.5, 0.6) is 0 Å². The summed E-state index contributed by atoms with van der Waals surface area (Å²) in [7, 11) is 0. The Morgan fingerprint density at radius 2 is 1.81 bits per heavy atom. The number of anilines is 1. The van der Waals surface area contributed by atoms with Gasteiger partial charge in [0.25, 0.3) is 5.91 Å². The van der Waals surface area contributed by atoms with Crippen molar-refractivity contribution in [2.24, 2.45) is 0 Å². The fourth-order valence-electron chi connectivity index (χ4n) is 3.38. The lowest BCUT2D eigenvalue weighted by molar-refractivity contribution is -0.143. The van der Waals surface area contributed by atoms with Gasteiger partial charge in [0.2, 0.25) is 5.95 Å². The zero-order valence-electron chi connectivity index (χ0n) is 16.3. The molecule has 4 aromatic rings. The third-order valence-corrected chi connectivity index (χ3v) is 4.69. The largest absolute Gasteiger partial charge is 0.434 e. The highest BCUT2D eigenvalue weighted by Gasteiger charge is 2.41. The normalized spacial score (nSPS) is 11.8. The summed E-state index contributed by atoms with van der Waals surface area (Å²) in [5, 5.41) is 6.11. The highest BCUT2D eigenvalue weighted by molar-refractivity contribution is 6.05. The van der Waals surface area contributed by atoms with Crippen molar-refractivity contribution in [3.8, 4) is 5.69 Å². The molecule has 2 heterocycles. The molecule has 0 bridgehead atoms. The van der Waals surface area contributed by atoms with Gasteiger partial charge in [-0.25, -0.2) is 14.1 Å². The van der Waals surface area contributed by atoms with E-state index >= 15 is 0 Å². The molecule has 10 heteroatoms. The molecular formula is C21H17F4N5O. The summed E-state index contributed by atoms with van der Waals surface area (Å²) in [5.41, 5.74) is -1.16. The quantitative estimate of drug-likeness (QED) is 0.450. The highest BCUT2D eigenvalue weighted by atomic mass is 19.4. The van der Waals surface area contributed by atoms with Crippen LogP contribution in [-0.4, -0.2) is 25.2 Å². The Bertz CT molecular complexity index is 1260. The number of para-hydroxylation sites is 3. The molecule has 1 N–H and O–H groups in total. The molecule has 6 nitrogen and oxygen atoms in total. The zero-order chi connectivity index (χ0) is 22.2. The van der Waals surface area contributed by atoms with Crippen LogP contribution in [0.2, 0.25) is 0 Å². The highest BCUT2D eigenvalue weighted by Crippen LogP contribution is 2.34. The second-order valence-electron chi connectivity index (χ2n) is 6.80. The van der Waals surface area contributed by atoms with Gasteiger partial charge in [0, 0.05) is 6.54 Å². The van der Waals surface area contributed by atoms with E-state index in [1.54, 1.807) is 16.7 Å². The van der Waals surface area contributed by atoms with Crippen molar-refractivity contribution < 1.29 is 22.4 Å². The number of alkyl halides is 3. The minimum atomic E-state index is -4.95. The average Bonchev–Trinajstić information content (AvgIpc) is 3.31. The molecule has 0 atom stereocenters. The molecular weight excluding hydrogens is 414 g/mol. The number of imidazole rings is 1. The van der Waals surface area contributed by atoms with Crippen molar-refractivity contribution in [2.45, 2.75) is 26.1 Å². The van der Waals surface area contributed by atoms with Crippen molar-refractivity contribution in [1.29, 1.82) is 0 Å². The number of nitrogens with zero attached hydrogens (tertiary/aromatic N) is 4. The molecule has 31 heavy (non-hydrogen) atoms. The second kappa shape index (κ2) is 7.86. The number of hydrogen-bond donors (Lipinski definition) is 1. The van der Waals surface area contributed by atoms with Crippen LogP contribution in [0.4, 0.5) is 23.5 Å². The second-order valence-corrected chi connectivity index (χ2v) is 6.80. The maximum Gasteiger partial charge on any atom is 0.434 e. The summed E-state index contributed by atoms with van der Waals surface area (Å²) in [6.45, 7) is 2.44. The van der Waals surface area contributed by atoms with E-state index in [1.807, 2.05) is 19.1 Å². The van der Waals surface area contributed by atoms with Crippen molar-refractivity contribution in [1.82, 2.24) is 19.3 Å². The number of benzene rings is 2. The number of amides is 1. The number of rotatable bonds is 5. The predicted octanol–water partition coefficient (Wildman–Crippen LogP) is 5.04. The lowest BCUT2D eigenvalue weighted by Crippen LogP contribution is -2.22. The summed E-state index contributed by atoms with van der Waals surface area (Å²) in [6, 6.07) is 12.0. The number of carbonyl (C=O) groups is 1. The summed E-state index contributed by atoms with van der Waals surface area (Å²) >= 11 is 0. The van der Waals surface area contributed by atoms with Crippen LogP contribution in [0.1, 0.15) is 29.4 Å². The Labute approximate surface area is 174 Å². The van der Waals surface area contributed by atoms with Gasteiger partial charge in [0.1, 0.15) is 11.5 Å². The van der Waals surface area contributed by atoms with Gasteiger partial charge < -0.3 is 4.57 Å². The van der Waals surface area contributed by atoms with Crippen molar-refractivity contribution in [3.05, 3.63) is 71.8 Å². The molecule has 0 saturated heterocycles. The fraction of sp³-hybridized carbons (Fsp3) is 0.190. The van der Waals surface area contributed by atoms with Crippen LogP contribution in [0.3, 0.4) is 0 Å². The zero-order valence-corrected chi connectivity index (χ0v) is 16.3. The molecule has 4 rings (SSSR count). The van der Waals surface area contributed by atoms with Gasteiger partial charge in [-0.15, -0.1) is 0 Å². The van der Waals surface area contributed by atoms with Gasteiger partial charge in [0.05, 0.1) is 22.8 Å². The van der Waals surface area contributed by atoms with Crippen molar-refractivity contribution in [3.63, 3.8) is 0 Å². The summed E-state index contributed by atoms with van der Waals surface area (Å²) in [4.78, 5) is 17.2. The molecule has 2 aromatic carbocycles. The van der Waals surface area contributed by atoms with Gasteiger partial charge >= 0.3 is 6.18 Å². The first kappa shape index (κ1) is 20.6. The van der Waals surface area contributed by atoms with Crippen LogP contribution >= 0.6 is 0 Å². The molecule has 0 aliphatic heterocycles. The Kier molecular flexibility index (Phi) is 5.22. The molecule has 0 spiro atoms. The Hall–Kier alpha value is -3.69. The van der Waals surface area contributed by atoms with Gasteiger partial charge in [-0.05, 0) is 30.7 Å². The van der Waals surface area contributed by atoms with Gasteiger partial charge in [-0.3, -0.25) is 10.1 Å². The van der Waals surface area contributed by atoms with E-state index in [9.17, 15) is 22.4 Å².